The van der Waals surface area contributed by atoms with Crippen LogP contribution >= 0.6 is 0 Å². The highest BCUT2D eigenvalue weighted by atomic mass is 16.2. The Labute approximate surface area is 128 Å². The van der Waals surface area contributed by atoms with Crippen molar-refractivity contribution in [1.82, 2.24) is 4.90 Å². The van der Waals surface area contributed by atoms with E-state index < -0.39 is 0 Å². The van der Waals surface area contributed by atoms with Crippen LogP contribution in [0.25, 0.3) is 0 Å². The Morgan fingerprint density at radius 3 is 2.62 bits per heavy atom. The molecule has 21 heavy (non-hydrogen) atoms. The highest BCUT2D eigenvalue weighted by Gasteiger charge is 2.27. The molecule has 0 saturated heterocycles. The summed E-state index contributed by atoms with van der Waals surface area (Å²) in [6.45, 7) is 6.78. The molecule has 0 radical (unpaired) electrons. The Bertz CT molecular complexity index is 510. The van der Waals surface area contributed by atoms with E-state index in [1.54, 1.807) is 19.0 Å². The predicted octanol–water partition coefficient (Wildman–Crippen LogP) is 3.93. The summed E-state index contributed by atoms with van der Waals surface area (Å²) >= 11 is 0. The SMILES string of the molecule is Cc1ccc(C(=O)N(C)C)cc1NC1CCCC(C)C1C. The van der Waals surface area contributed by atoms with Crippen LogP contribution in [0.15, 0.2) is 18.2 Å². The summed E-state index contributed by atoms with van der Waals surface area (Å²) < 4.78 is 0. The molecule has 1 fully saturated rings. The second kappa shape index (κ2) is 6.50. The lowest BCUT2D eigenvalue weighted by Gasteiger charge is -2.35. The van der Waals surface area contributed by atoms with E-state index in [0.29, 0.717) is 12.0 Å². The fraction of sp³-hybridized carbons (Fsp3) is 0.611. The molecular weight excluding hydrogens is 260 g/mol. The van der Waals surface area contributed by atoms with Crippen molar-refractivity contribution in [2.24, 2.45) is 11.8 Å². The number of amides is 1. The van der Waals surface area contributed by atoms with Gasteiger partial charge in [-0.1, -0.05) is 32.8 Å². The van der Waals surface area contributed by atoms with Gasteiger partial charge in [0, 0.05) is 31.4 Å². The van der Waals surface area contributed by atoms with Gasteiger partial charge in [-0.2, -0.15) is 0 Å². The van der Waals surface area contributed by atoms with Gasteiger partial charge in [0.05, 0.1) is 0 Å². The van der Waals surface area contributed by atoms with E-state index in [1.165, 1.54) is 24.8 Å². The van der Waals surface area contributed by atoms with E-state index >= 15 is 0 Å². The van der Waals surface area contributed by atoms with Gasteiger partial charge in [-0.05, 0) is 42.9 Å². The maximum Gasteiger partial charge on any atom is 0.253 e. The highest BCUT2D eigenvalue weighted by molar-refractivity contribution is 5.95. The quantitative estimate of drug-likeness (QED) is 0.914. The summed E-state index contributed by atoms with van der Waals surface area (Å²) in [5, 5.41) is 3.69. The average molecular weight is 288 g/mol. The number of aryl methyl sites for hydroxylation is 1. The predicted molar refractivity (Wildman–Crippen MR) is 88.8 cm³/mol. The molecule has 2 rings (SSSR count). The molecule has 0 spiro atoms. The van der Waals surface area contributed by atoms with Crippen LogP contribution < -0.4 is 5.32 Å². The molecule has 3 heteroatoms. The summed E-state index contributed by atoms with van der Waals surface area (Å²) in [4.78, 5) is 13.7. The fourth-order valence-corrected chi connectivity index (χ4v) is 3.15. The van der Waals surface area contributed by atoms with Crippen molar-refractivity contribution in [3.05, 3.63) is 29.3 Å². The van der Waals surface area contributed by atoms with Gasteiger partial charge in [0.15, 0.2) is 0 Å². The van der Waals surface area contributed by atoms with Gasteiger partial charge >= 0.3 is 0 Å². The average Bonchev–Trinajstić information content (AvgIpc) is 2.45. The number of nitrogens with zero attached hydrogens (tertiary/aromatic N) is 1. The van der Waals surface area contributed by atoms with Crippen LogP contribution in [0.4, 0.5) is 5.69 Å². The molecule has 3 unspecified atom stereocenters. The van der Waals surface area contributed by atoms with Gasteiger partial charge in [-0.3, -0.25) is 4.79 Å². The maximum absolute atomic E-state index is 12.1. The van der Waals surface area contributed by atoms with Crippen LogP contribution in [0.5, 0.6) is 0 Å². The number of carbonyl (C=O) groups excluding carboxylic acids is 1. The third-order valence-corrected chi connectivity index (χ3v) is 4.94. The topological polar surface area (TPSA) is 32.3 Å². The van der Waals surface area contributed by atoms with E-state index in [2.05, 4.69) is 26.1 Å². The Morgan fingerprint density at radius 2 is 1.95 bits per heavy atom. The Morgan fingerprint density at radius 1 is 1.24 bits per heavy atom. The van der Waals surface area contributed by atoms with E-state index in [0.717, 1.165) is 17.2 Å². The number of nitrogens with one attached hydrogen (secondary N) is 1. The van der Waals surface area contributed by atoms with Crippen LogP contribution in [0.1, 0.15) is 49.0 Å². The third-order valence-electron chi connectivity index (χ3n) is 4.94. The molecule has 0 bridgehead atoms. The molecule has 1 N–H and O–H groups in total. The first-order chi connectivity index (χ1) is 9.90. The molecule has 3 nitrogen and oxygen atoms in total. The Balaban J connectivity index is 2.19. The van der Waals surface area contributed by atoms with Crippen molar-refractivity contribution in [1.29, 1.82) is 0 Å². The first kappa shape index (κ1) is 15.9. The van der Waals surface area contributed by atoms with Crippen molar-refractivity contribution in [3.8, 4) is 0 Å². The Kier molecular flexibility index (Phi) is 4.92. The summed E-state index contributed by atoms with van der Waals surface area (Å²) in [7, 11) is 3.58. The van der Waals surface area contributed by atoms with Crippen molar-refractivity contribution >= 4 is 11.6 Å². The lowest BCUT2D eigenvalue weighted by atomic mass is 9.78. The summed E-state index contributed by atoms with van der Waals surface area (Å²) in [6.07, 6.45) is 3.84. The van der Waals surface area contributed by atoms with Gasteiger partial charge in [-0.15, -0.1) is 0 Å². The highest BCUT2D eigenvalue weighted by Crippen LogP contribution is 2.32. The fourth-order valence-electron chi connectivity index (χ4n) is 3.15. The molecule has 1 aliphatic carbocycles. The first-order valence-electron chi connectivity index (χ1n) is 7.99. The molecule has 0 aromatic heterocycles. The molecule has 1 saturated carbocycles. The summed E-state index contributed by atoms with van der Waals surface area (Å²) in [6, 6.07) is 6.47. The summed E-state index contributed by atoms with van der Waals surface area (Å²) in [5.74, 6) is 1.50. The van der Waals surface area contributed by atoms with E-state index in [9.17, 15) is 4.79 Å². The monoisotopic (exact) mass is 288 g/mol. The second-order valence-corrected chi connectivity index (χ2v) is 6.75. The van der Waals surface area contributed by atoms with E-state index in [4.69, 9.17) is 0 Å². The third kappa shape index (κ3) is 3.58. The molecule has 116 valence electrons. The smallest absolute Gasteiger partial charge is 0.253 e. The number of rotatable bonds is 3. The molecule has 1 aliphatic rings. The van der Waals surface area contributed by atoms with Gasteiger partial charge in [0.25, 0.3) is 5.91 Å². The van der Waals surface area contributed by atoms with Crippen LogP contribution in [0.3, 0.4) is 0 Å². The maximum atomic E-state index is 12.1. The van der Waals surface area contributed by atoms with Crippen LogP contribution in [0, 0.1) is 18.8 Å². The lowest BCUT2D eigenvalue weighted by Crippen LogP contribution is -2.35. The second-order valence-electron chi connectivity index (χ2n) is 6.75. The first-order valence-corrected chi connectivity index (χ1v) is 7.99. The largest absolute Gasteiger partial charge is 0.382 e. The number of hydrogen-bond donors (Lipinski definition) is 1. The molecule has 1 aromatic carbocycles. The van der Waals surface area contributed by atoms with Crippen molar-refractivity contribution in [2.75, 3.05) is 19.4 Å². The van der Waals surface area contributed by atoms with Crippen molar-refractivity contribution in [2.45, 2.75) is 46.1 Å². The molecule has 3 atom stereocenters. The number of anilines is 1. The summed E-state index contributed by atoms with van der Waals surface area (Å²) in [5.41, 5.74) is 3.06. The molecular formula is C18H28N2O. The van der Waals surface area contributed by atoms with Gasteiger partial charge in [0.1, 0.15) is 0 Å². The minimum atomic E-state index is 0.0584. The van der Waals surface area contributed by atoms with Crippen LogP contribution in [-0.4, -0.2) is 30.9 Å². The van der Waals surface area contributed by atoms with Gasteiger partial charge < -0.3 is 10.2 Å². The van der Waals surface area contributed by atoms with Gasteiger partial charge in [-0.25, -0.2) is 0 Å². The zero-order chi connectivity index (χ0) is 15.6. The van der Waals surface area contributed by atoms with Gasteiger partial charge in [0.2, 0.25) is 0 Å². The number of benzene rings is 1. The zero-order valence-electron chi connectivity index (χ0n) is 13.9. The minimum Gasteiger partial charge on any atom is -0.382 e. The van der Waals surface area contributed by atoms with Crippen molar-refractivity contribution in [3.63, 3.8) is 0 Å². The minimum absolute atomic E-state index is 0.0584. The lowest BCUT2D eigenvalue weighted by molar-refractivity contribution is 0.0827. The standard InChI is InChI=1S/C18H28N2O/c1-12-7-6-8-16(14(12)3)19-17-11-15(10-9-13(17)2)18(21)20(4)5/h9-12,14,16,19H,6-8H2,1-5H3. The number of carbonyl (C=O) groups is 1. The molecule has 1 aromatic rings. The number of hydrogen-bond acceptors (Lipinski definition) is 2. The normalized spacial score (nSPS) is 25.5. The zero-order valence-corrected chi connectivity index (χ0v) is 13.9. The van der Waals surface area contributed by atoms with E-state index in [-0.39, 0.29) is 5.91 Å². The van der Waals surface area contributed by atoms with E-state index in [1.807, 2.05) is 18.2 Å². The van der Waals surface area contributed by atoms with Crippen LogP contribution in [-0.2, 0) is 0 Å². The Hall–Kier alpha value is -1.51. The molecule has 0 heterocycles. The van der Waals surface area contributed by atoms with Crippen molar-refractivity contribution < 1.29 is 4.79 Å². The van der Waals surface area contributed by atoms with Crippen LogP contribution in [0.2, 0.25) is 0 Å². The molecule has 0 aliphatic heterocycles. The molecule has 1 amide bonds.